The second-order valence-electron chi connectivity index (χ2n) is 6.32. The molecule has 0 N–H and O–H groups in total. The van der Waals surface area contributed by atoms with E-state index in [1.165, 1.54) is 0 Å². The highest BCUT2D eigenvalue weighted by molar-refractivity contribution is 5.72. The Bertz CT molecular complexity index is 338. The van der Waals surface area contributed by atoms with Gasteiger partial charge in [0.1, 0.15) is 6.61 Å². The first-order chi connectivity index (χ1) is 11.6. The van der Waals surface area contributed by atoms with Gasteiger partial charge in [0.05, 0.1) is 37.8 Å². The van der Waals surface area contributed by atoms with Crippen LogP contribution in [0.2, 0.25) is 0 Å². The zero-order valence-electron chi connectivity index (χ0n) is 15.9. The first kappa shape index (κ1) is 22.9. The second kappa shape index (κ2) is 14.2. The van der Waals surface area contributed by atoms with E-state index in [-0.39, 0.29) is 17.3 Å². The van der Waals surface area contributed by atoms with Crippen LogP contribution in [0.4, 0.5) is 0 Å². The minimum Gasteiger partial charge on any atom is -0.465 e. The summed E-state index contributed by atoms with van der Waals surface area (Å²) in [6.07, 6.45) is 8.09. The summed E-state index contributed by atoms with van der Waals surface area (Å²) >= 11 is 0. The fourth-order valence-electron chi connectivity index (χ4n) is 2.43. The topological polar surface area (TPSA) is 44.8 Å². The van der Waals surface area contributed by atoms with Gasteiger partial charge in [-0.25, -0.2) is 0 Å². The number of carbonyl (C=O) groups excluding carboxylic acids is 1. The van der Waals surface area contributed by atoms with Gasteiger partial charge in [0, 0.05) is 0 Å². The van der Waals surface area contributed by atoms with Crippen molar-refractivity contribution >= 4 is 5.97 Å². The van der Waals surface area contributed by atoms with Gasteiger partial charge in [0.2, 0.25) is 0 Å². The van der Waals surface area contributed by atoms with Crippen molar-refractivity contribution in [2.45, 2.75) is 52.9 Å². The van der Waals surface area contributed by atoms with Gasteiger partial charge in [0.25, 0.3) is 0 Å². The van der Waals surface area contributed by atoms with E-state index in [1.807, 2.05) is 6.92 Å². The lowest BCUT2D eigenvalue weighted by molar-refractivity contribution is -0.156. The molecule has 0 saturated carbocycles. The number of unbranched alkanes of at least 4 members (excludes halogenated alkanes) is 1. The Morgan fingerprint density at radius 3 is 2.04 bits per heavy atom. The Labute approximate surface area is 148 Å². The SMILES string of the molecule is C=CCOCC(CC)(COCC=C)COC(=O)C(CC)CCCC. The molecule has 0 aliphatic rings. The number of hydrogen-bond acceptors (Lipinski definition) is 4. The van der Waals surface area contributed by atoms with E-state index in [1.54, 1.807) is 12.2 Å². The lowest BCUT2D eigenvalue weighted by atomic mass is 9.87. The molecule has 0 saturated heterocycles. The van der Waals surface area contributed by atoms with Crippen LogP contribution in [0.15, 0.2) is 25.3 Å². The summed E-state index contributed by atoms with van der Waals surface area (Å²) in [5, 5.41) is 0. The molecular weight excluding hydrogens is 304 g/mol. The molecule has 0 fully saturated rings. The summed E-state index contributed by atoms with van der Waals surface area (Å²) in [5.41, 5.74) is -0.329. The fourth-order valence-corrected chi connectivity index (χ4v) is 2.43. The average Bonchev–Trinajstić information content (AvgIpc) is 2.60. The lowest BCUT2D eigenvalue weighted by Gasteiger charge is -2.32. The maximum atomic E-state index is 12.4. The summed E-state index contributed by atoms with van der Waals surface area (Å²) in [6.45, 7) is 15.8. The summed E-state index contributed by atoms with van der Waals surface area (Å²) < 4.78 is 16.9. The first-order valence-corrected chi connectivity index (χ1v) is 9.13. The Morgan fingerprint density at radius 2 is 1.62 bits per heavy atom. The molecule has 0 amide bonds. The smallest absolute Gasteiger partial charge is 0.308 e. The molecule has 140 valence electrons. The van der Waals surface area contributed by atoms with E-state index in [0.29, 0.717) is 33.0 Å². The van der Waals surface area contributed by atoms with E-state index in [4.69, 9.17) is 14.2 Å². The van der Waals surface area contributed by atoms with Crippen LogP contribution in [0.25, 0.3) is 0 Å². The number of rotatable bonds is 16. The molecule has 0 radical (unpaired) electrons. The third kappa shape index (κ3) is 9.24. The Morgan fingerprint density at radius 1 is 1.04 bits per heavy atom. The van der Waals surface area contributed by atoms with Crippen molar-refractivity contribution in [3.05, 3.63) is 25.3 Å². The molecule has 0 aromatic rings. The molecule has 0 rings (SSSR count). The number of esters is 1. The number of ether oxygens (including phenoxy) is 3. The molecular formula is C20H36O4. The van der Waals surface area contributed by atoms with Gasteiger partial charge in [-0.3, -0.25) is 4.79 Å². The third-order valence-corrected chi connectivity index (χ3v) is 4.29. The van der Waals surface area contributed by atoms with Crippen LogP contribution in [-0.2, 0) is 19.0 Å². The molecule has 0 aromatic heterocycles. The van der Waals surface area contributed by atoms with Gasteiger partial charge in [-0.1, -0.05) is 45.8 Å². The van der Waals surface area contributed by atoms with Gasteiger partial charge in [-0.15, -0.1) is 13.2 Å². The molecule has 0 aromatic carbocycles. The molecule has 0 bridgehead atoms. The van der Waals surface area contributed by atoms with Crippen molar-refractivity contribution in [1.29, 1.82) is 0 Å². The minimum absolute atomic E-state index is 0.0114. The Hall–Kier alpha value is -1.13. The number of carbonyl (C=O) groups is 1. The highest BCUT2D eigenvalue weighted by atomic mass is 16.5. The summed E-state index contributed by atoms with van der Waals surface area (Å²) in [7, 11) is 0. The van der Waals surface area contributed by atoms with Gasteiger partial charge in [-0.2, -0.15) is 0 Å². The standard InChI is InChI=1S/C20H36O4/c1-6-11-12-18(9-4)19(21)24-17-20(10-5,15-22-13-7-2)16-23-14-8-3/h7-8,18H,2-3,6,9-17H2,1,4-5H3. The van der Waals surface area contributed by atoms with E-state index in [2.05, 4.69) is 27.0 Å². The quantitative estimate of drug-likeness (QED) is 0.235. The summed E-state index contributed by atoms with van der Waals surface area (Å²) in [4.78, 5) is 12.4. The minimum atomic E-state index is -0.329. The Kier molecular flexibility index (Phi) is 13.6. The normalized spacial score (nSPS) is 12.6. The van der Waals surface area contributed by atoms with Crippen LogP contribution in [0, 0.1) is 11.3 Å². The van der Waals surface area contributed by atoms with Gasteiger partial charge in [0.15, 0.2) is 0 Å². The second-order valence-corrected chi connectivity index (χ2v) is 6.32. The summed E-state index contributed by atoms with van der Waals surface area (Å²) in [5.74, 6) is -0.112. The van der Waals surface area contributed by atoms with Crippen LogP contribution >= 0.6 is 0 Å². The lowest BCUT2D eigenvalue weighted by Crippen LogP contribution is -2.38. The first-order valence-electron chi connectivity index (χ1n) is 9.13. The third-order valence-electron chi connectivity index (χ3n) is 4.29. The molecule has 4 nitrogen and oxygen atoms in total. The predicted octanol–water partition coefficient (Wildman–Crippen LogP) is 4.55. The molecule has 0 aliphatic heterocycles. The molecule has 24 heavy (non-hydrogen) atoms. The number of hydrogen-bond donors (Lipinski definition) is 0. The molecule has 0 spiro atoms. The van der Waals surface area contributed by atoms with Crippen molar-refractivity contribution < 1.29 is 19.0 Å². The molecule has 0 heterocycles. The van der Waals surface area contributed by atoms with Crippen LogP contribution in [0.1, 0.15) is 52.9 Å². The van der Waals surface area contributed by atoms with Crippen molar-refractivity contribution in [1.82, 2.24) is 0 Å². The van der Waals surface area contributed by atoms with Crippen molar-refractivity contribution in [3.63, 3.8) is 0 Å². The van der Waals surface area contributed by atoms with Crippen LogP contribution in [0.5, 0.6) is 0 Å². The summed E-state index contributed by atoms with van der Waals surface area (Å²) in [6, 6.07) is 0. The van der Waals surface area contributed by atoms with Crippen LogP contribution in [0.3, 0.4) is 0 Å². The highest BCUT2D eigenvalue weighted by Gasteiger charge is 2.32. The van der Waals surface area contributed by atoms with Crippen molar-refractivity contribution in [2.24, 2.45) is 11.3 Å². The highest BCUT2D eigenvalue weighted by Crippen LogP contribution is 2.25. The van der Waals surface area contributed by atoms with Crippen molar-refractivity contribution in [3.8, 4) is 0 Å². The van der Waals surface area contributed by atoms with Crippen molar-refractivity contribution in [2.75, 3.05) is 33.0 Å². The molecule has 1 atom stereocenters. The maximum absolute atomic E-state index is 12.4. The average molecular weight is 341 g/mol. The fraction of sp³-hybridized carbons (Fsp3) is 0.750. The zero-order valence-corrected chi connectivity index (χ0v) is 15.9. The van der Waals surface area contributed by atoms with Gasteiger partial charge < -0.3 is 14.2 Å². The Balaban J connectivity index is 4.71. The van der Waals surface area contributed by atoms with Gasteiger partial charge in [-0.05, 0) is 19.3 Å². The largest absolute Gasteiger partial charge is 0.465 e. The van der Waals surface area contributed by atoms with Crippen LogP contribution in [-0.4, -0.2) is 39.0 Å². The predicted molar refractivity (Wildman–Crippen MR) is 99.0 cm³/mol. The van der Waals surface area contributed by atoms with E-state index < -0.39 is 0 Å². The molecule has 1 unspecified atom stereocenters. The van der Waals surface area contributed by atoms with E-state index in [0.717, 1.165) is 32.1 Å². The van der Waals surface area contributed by atoms with E-state index in [9.17, 15) is 4.79 Å². The van der Waals surface area contributed by atoms with Crippen LogP contribution < -0.4 is 0 Å². The molecule has 4 heteroatoms. The zero-order chi connectivity index (χ0) is 18.3. The van der Waals surface area contributed by atoms with Gasteiger partial charge >= 0.3 is 5.97 Å². The van der Waals surface area contributed by atoms with E-state index >= 15 is 0 Å². The molecule has 0 aliphatic carbocycles. The monoisotopic (exact) mass is 340 g/mol. The maximum Gasteiger partial charge on any atom is 0.308 e.